The Morgan fingerprint density at radius 2 is 1.89 bits per heavy atom. The molecule has 0 saturated heterocycles. The van der Waals surface area contributed by atoms with Crippen molar-refractivity contribution in [1.29, 1.82) is 0 Å². The first-order valence-corrected chi connectivity index (χ1v) is 5.51. The van der Waals surface area contributed by atoms with Crippen molar-refractivity contribution in [1.82, 2.24) is 5.32 Å². The van der Waals surface area contributed by atoms with E-state index < -0.39 is 34.6 Å². The van der Waals surface area contributed by atoms with Gasteiger partial charge in [0.05, 0.1) is 11.1 Å². The number of benzene rings is 1. The summed E-state index contributed by atoms with van der Waals surface area (Å²) in [6, 6.07) is 0.777. The van der Waals surface area contributed by atoms with E-state index in [0.717, 1.165) is 0 Å². The third-order valence-corrected chi connectivity index (χ3v) is 2.43. The molecule has 0 aromatic heterocycles. The number of hydrogen-bond acceptors (Lipinski definition) is 2. The van der Waals surface area contributed by atoms with Crippen LogP contribution in [0.4, 0.5) is 8.78 Å². The van der Waals surface area contributed by atoms with Crippen molar-refractivity contribution >= 4 is 11.9 Å². The van der Waals surface area contributed by atoms with E-state index in [1.165, 1.54) is 0 Å². The van der Waals surface area contributed by atoms with Crippen LogP contribution in [0.1, 0.15) is 34.1 Å². The van der Waals surface area contributed by atoms with Crippen LogP contribution in [-0.2, 0) is 0 Å². The lowest BCUT2D eigenvalue weighted by atomic mass is 10.1. The van der Waals surface area contributed by atoms with Gasteiger partial charge in [0.15, 0.2) is 11.6 Å². The largest absolute Gasteiger partial charge is 0.478 e. The summed E-state index contributed by atoms with van der Waals surface area (Å²) in [5.41, 5.74) is -0.996. The van der Waals surface area contributed by atoms with Gasteiger partial charge in [-0.2, -0.15) is 0 Å². The van der Waals surface area contributed by atoms with E-state index in [9.17, 15) is 18.4 Å². The first kappa shape index (κ1) is 14.8. The fraction of sp³-hybridized carbons (Fsp3) is 0.231. The van der Waals surface area contributed by atoms with Gasteiger partial charge in [0.2, 0.25) is 0 Å². The number of hydrogen-bond donors (Lipinski definition) is 2. The van der Waals surface area contributed by atoms with E-state index in [2.05, 4.69) is 11.9 Å². The van der Waals surface area contributed by atoms with Gasteiger partial charge in [0, 0.05) is 6.04 Å². The topological polar surface area (TPSA) is 66.4 Å². The highest BCUT2D eigenvalue weighted by Crippen LogP contribution is 2.15. The maximum absolute atomic E-state index is 13.1. The average molecular weight is 269 g/mol. The van der Waals surface area contributed by atoms with Crippen molar-refractivity contribution in [3.63, 3.8) is 0 Å². The predicted octanol–water partition coefficient (Wildman–Crippen LogP) is 2.36. The molecule has 19 heavy (non-hydrogen) atoms. The van der Waals surface area contributed by atoms with E-state index in [1.807, 2.05) is 0 Å². The fourth-order valence-corrected chi connectivity index (χ4v) is 1.52. The number of nitrogens with one attached hydrogen (secondary N) is 1. The second-order valence-corrected chi connectivity index (χ2v) is 4.02. The van der Waals surface area contributed by atoms with Crippen LogP contribution >= 0.6 is 0 Å². The summed E-state index contributed by atoms with van der Waals surface area (Å²) < 4.78 is 26.1. The molecule has 0 bridgehead atoms. The van der Waals surface area contributed by atoms with E-state index in [0.29, 0.717) is 18.6 Å². The summed E-state index contributed by atoms with van der Waals surface area (Å²) in [6.45, 7) is 5.18. The molecule has 0 aliphatic heterocycles. The summed E-state index contributed by atoms with van der Waals surface area (Å²) in [5.74, 6) is -4.86. The van der Waals surface area contributed by atoms with Crippen molar-refractivity contribution in [3.8, 4) is 0 Å². The van der Waals surface area contributed by atoms with Gasteiger partial charge in [-0.25, -0.2) is 13.6 Å². The molecule has 2 N–H and O–H groups in total. The molecule has 0 aliphatic carbocycles. The molecule has 102 valence electrons. The maximum Gasteiger partial charge on any atom is 0.336 e. The third-order valence-electron chi connectivity index (χ3n) is 2.43. The van der Waals surface area contributed by atoms with Gasteiger partial charge in [0.25, 0.3) is 5.91 Å². The van der Waals surface area contributed by atoms with Gasteiger partial charge < -0.3 is 10.4 Å². The molecule has 1 unspecified atom stereocenters. The van der Waals surface area contributed by atoms with Gasteiger partial charge in [-0.05, 0) is 25.5 Å². The lowest BCUT2D eigenvalue weighted by Gasteiger charge is -2.13. The molecule has 1 aromatic carbocycles. The zero-order valence-electron chi connectivity index (χ0n) is 10.2. The van der Waals surface area contributed by atoms with Crippen LogP contribution in [0.2, 0.25) is 0 Å². The number of carboxylic acid groups (broad SMARTS) is 1. The first-order chi connectivity index (χ1) is 8.86. The lowest BCUT2D eigenvalue weighted by Crippen LogP contribution is -2.33. The van der Waals surface area contributed by atoms with Crippen molar-refractivity contribution in [3.05, 3.63) is 47.5 Å². The summed E-state index contributed by atoms with van der Waals surface area (Å²) in [6.07, 6.45) is 2.05. The SMILES string of the molecule is C=CCC(C)NC(=O)c1cc(F)c(F)cc1C(=O)O. The van der Waals surface area contributed by atoms with Crippen molar-refractivity contribution in [2.75, 3.05) is 0 Å². The predicted molar refractivity (Wildman–Crippen MR) is 65.1 cm³/mol. The molecule has 6 heteroatoms. The standard InChI is InChI=1S/C13H13F2NO3/c1-3-4-7(2)16-12(17)8-5-10(14)11(15)6-9(8)13(18)19/h3,5-7H,1,4H2,2H3,(H,16,17)(H,18,19). The molecule has 1 amide bonds. The van der Waals surface area contributed by atoms with Crippen LogP contribution in [0.25, 0.3) is 0 Å². The summed E-state index contributed by atoms with van der Waals surface area (Å²) in [7, 11) is 0. The highest BCUT2D eigenvalue weighted by molar-refractivity contribution is 6.04. The van der Waals surface area contributed by atoms with Gasteiger partial charge in [-0.3, -0.25) is 4.79 Å². The van der Waals surface area contributed by atoms with Gasteiger partial charge >= 0.3 is 5.97 Å². The van der Waals surface area contributed by atoms with Crippen LogP contribution in [-0.4, -0.2) is 23.0 Å². The molecule has 0 aliphatic rings. The minimum absolute atomic E-state index is 0.292. The second-order valence-electron chi connectivity index (χ2n) is 4.02. The number of carbonyl (C=O) groups is 2. The Morgan fingerprint density at radius 1 is 1.37 bits per heavy atom. The number of aromatic carboxylic acids is 1. The highest BCUT2D eigenvalue weighted by Gasteiger charge is 2.21. The normalized spacial score (nSPS) is 11.7. The molecule has 4 nitrogen and oxygen atoms in total. The summed E-state index contributed by atoms with van der Waals surface area (Å²) in [5, 5.41) is 11.4. The molecule has 0 fully saturated rings. The number of carbonyl (C=O) groups excluding carboxylic acids is 1. The molecular weight excluding hydrogens is 256 g/mol. The summed E-state index contributed by atoms with van der Waals surface area (Å²) >= 11 is 0. The number of halogens is 2. The fourth-order valence-electron chi connectivity index (χ4n) is 1.52. The Balaban J connectivity index is 3.11. The van der Waals surface area contributed by atoms with Gasteiger partial charge in [-0.1, -0.05) is 6.08 Å². The molecule has 0 heterocycles. The Bertz CT molecular complexity index is 529. The Morgan fingerprint density at radius 3 is 2.37 bits per heavy atom. The minimum atomic E-state index is -1.50. The molecule has 1 aromatic rings. The quantitative estimate of drug-likeness (QED) is 0.806. The number of rotatable bonds is 5. The first-order valence-electron chi connectivity index (χ1n) is 5.51. The van der Waals surface area contributed by atoms with Crippen molar-refractivity contribution in [2.24, 2.45) is 0 Å². The maximum atomic E-state index is 13.1. The molecule has 0 radical (unpaired) electrons. The van der Waals surface area contributed by atoms with Crippen LogP contribution in [0.3, 0.4) is 0 Å². The summed E-state index contributed by atoms with van der Waals surface area (Å²) in [4.78, 5) is 22.7. The van der Waals surface area contributed by atoms with E-state index >= 15 is 0 Å². The minimum Gasteiger partial charge on any atom is -0.478 e. The van der Waals surface area contributed by atoms with Crippen LogP contribution in [0.5, 0.6) is 0 Å². The van der Waals surface area contributed by atoms with Crippen LogP contribution in [0, 0.1) is 11.6 Å². The lowest BCUT2D eigenvalue weighted by molar-refractivity contribution is 0.0689. The molecule has 0 spiro atoms. The van der Waals surface area contributed by atoms with Gasteiger partial charge in [-0.15, -0.1) is 6.58 Å². The number of carboxylic acids is 1. The molecule has 1 rings (SSSR count). The zero-order valence-corrected chi connectivity index (χ0v) is 10.2. The Hall–Kier alpha value is -2.24. The van der Waals surface area contributed by atoms with Crippen molar-refractivity contribution in [2.45, 2.75) is 19.4 Å². The van der Waals surface area contributed by atoms with Crippen LogP contribution < -0.4 is 5.32 Å². The average Bonchev–Trinajstić information content (AvgIpc) is 2.31. The molecular formula is C13H13F2NO3. The second kappa shape index (κ2) is 6.08. The van der Waals surface area contributed by atoms with Crippen LogP contribution in [0.15, 0.2) is 24.8 Å². The Kier molecular flexibility index (Phi) is 4.74. The van der Waals surface area contributed by atoms with E-state index in [1.54, 1.807) is 13.0 Å². The van der Waals surface area contributed by atoms with E-state index in [4.69, 9.17) is 5.11 Å². The third kappa shape index (κ3) is 3.61. The zero-order chi connectivity index (χ0) is 14.6. The highest BCUT2D eigenvalue weighted by atomic mass is 19.2. The smallest absolute Gasteiger partial charge is 0.336 e. The molecule has 1 atom stereocenters. The van der Waals surface area contributed by atoms with Crippen molar-refractivity contribution < 1.29 is 23.5 Å². The Labute approximate surface area is 108 Å². The number of amides is 1. The monoisotopic (exact) mass is 269 g/mol. The van der Waals surface area contributed by atoms with Gasteiger partial charge in [0.1, 0.15) is 0 Å². The molecule has 0 saturated carbocycles. The van der Waals surface area contributed by atoms with E-state index in [-0.39, 0.29) is 6.04 Å².